The summed E-state index contributed by atoms with van der Waals surface area (Å²) in [6.45, 7) is 2.48. The van der Waals surface area contributed by atoms with E-state index in [-0.39, 0.29) is 24.2 Å². The van der Waals surface area contributed by atoms with Crippen molar-refractivity contribution in [3.05, 3.63) is 70.8 Å². The molecule has 32 heavy (non-hydrogen) atoms. The van der Waals surface area contributed by atoms with Gasteiger partial charge in [0.25, 0.3) is 5.91 Å². The van der Waals surface area contributed by atoms with E-state index in [4.69, 9.17) is 4.74 Å². The Hall–Kier alpha value is -2.50. The van der Waals surface area contributed by atoms with Crippen molar-refractivity contribution in [1.29, 1.82) is 0 Å². The lowest BCUT2D eigenvalue weighted by atomic mass is 9.90. The number of benzene rings is 2. The molecule has 1 fully saturated rings. The van der Waals surface area contributed by atoms with Gasteiger partial charge in [-0.2, -0.15) is 0 Å². The van der Waals surface area contributed by atoms with Crippen molar-refractivity contribution in [3.8, 4) is 0 Å². The molecule has 5 heteroatoms. The first kappa shape index (κ1) is 22.7. The molecule has 0 spiro atoms. The zero-order valence-corrected chi connectivity index (χ0v) is 18.7. The lowest BCUT2D eigenvalue weighted by Gasteiger charge is -2.26. The lowest BCUT2D eigenvalue weighted by molar-refractivity contribution is 0.0303. The van der Waals surface area contributed by atoms with Gasteiger partial charge in [0, 0.05) is 37.2 Å². The first-order valence-electron chi connectivity index (χ1n) is 11.8. The Morgan fingerprint density at radius 1 is 0.938 bits per heavy atom. The van der Waals surface area contributed by atoms with Gasteiger partial charge in [-0.3, -0.25) is 9.59 Å². The largest absolute Gasteiger partial charge is 0.396 e. The number of aliphatic hydroxyl groups is 1. The van der Waals surface area contributed by atoms with Crippen LogP contribution in [0.1, 0.15) is 57.5 Å². The number of morpholine rings is 1. The van der Waals surface area contributed by atoms with Crippen molar-refractivity contribution < 1.29 is 19.4 Å². The van der Waals surface area contributed by atoms with Crippen LogP contribution < -0.4 is 0 Å². The highest BCUT2D eigenvalue weighted by atomic mass is 16.5. The van der Waals surface area contributed by atoms with E-state index in [9.17, 15) is 14.7 Å². The number of rotatable bonds is 9. The van der Waals surface area contributed by atoms with E-state index in [0.717, 1.165) is 25.7 Å². The van der Waals surface area contributed by atoms with Crippen LogP contribution in [0.2, 0.25) is 0 Å². The van der Waals surface area contributed by atoms with Crippen LogP contribution in [0.25, 0.3) is 0 Å². The van der Waals surface area contributed by atoms with E-state index >= 15 is 0 Å². The number of ketones is 1. The minimum absolute atomic E-state index is 0.0123. The van der Waals surface area contributed by atoms with E-state index in [2.05, 4.69) is 24.3 Å². The Labute approximate surface area is 190 Å². The highest BCUT2D eigenvalue weighted by Gasteiger charge is 2.22. The van der Waals surface area contributed by atoms with E-state index in [1.807, 2.05) is 0 Å². The van der Waals surface area contributed by atoms with Gasteiger partial charge in [-0.15, -0.1) is 0 Å². The van der Waals surface area contributed by atoms with Crippen LogP contribution in [0.5, 0.6) is 0 Å². The van der Waals surface area contributed by atoms with E-state index < -0.39 is 0 Å². The summed E-state index contributed by atoms with van der Waals surface area (Å²) in [5, 5.41) is 9.82. The van der Waals surface area contributed by atoms with Crippen molar-refractivity contribution in [2.24, 2.45) is 11.8 Å². The molecule has 1 atom stereocenters. The highest BCUT2D eigenvalue weighted by molar-refractivity contribution is 5.98. The highest BCUT2D eigenvalue weighted by Crippen LogP contribution is 2.31. The number of hydrogen-bond acceptors (Lipinski definition) is 4. The van der Waals surface area contributed by atoms with Crippen molar-refractivity contribution >= 4 is 11.7 Å². The van der Waals surface area contributed by atoms with Gasteiger partial charge in [0.15, 0.2) is 5.78 Å². The first-order valence-corrected chi connectivity index (χ1v) is 11.8. The molecule has 0 saturated carbocycles. The van der Waals surface area contributed by atoms with Gasteiger partial charge in [0.2, 0.25) is 0 Å². The zero-order chi connectivity index (χ0) is 22.3. The monoisotopic (exact) mass is 435 g/mol. The third kappa shape index (κ3) is 5.64. The molecule has 2 aromatic carbocycles. The van der Waals surface area contributed by atoms with Gasteiger partial charge in [0.05, 0.1) is 13.2 Å². The summed E-state index contributed by atoms with van der Waals surface area (Å²) in [4.78, 5) is 27.0. The molecule has 170 valence electrons. The fraction of sp³-hybridized carbons (Fsp3) is 0.481. The quantitative estimate of drug-likeness (QED) is 0.606. The number of nitrogens with zero attached hydrogens (tertiary/aromatic N) is 1. The van der Waals surface area contributed by atoms with Gasteiger partial charge in [0.1, 0.15) is 0 Å². The Morgan fingerprint density at radius 2 is 1.56 bits per heavy atom. The minimum Gasteiger partial charge on any atom is -0.396 e. The number of carbonyl (C=O) groups is 2. The molecule has 1 heterocycles. The van der Waals surface area contributed by atoms with Gasteiger partial charge in [-0.25, -0.2) is 0 Å². The molecule has 4 rings (SSSR count). The summed E-state index contributed by atoms with van der Waals surface area (Å²) in [7, 11) is 0. The van der Waals surface area contributed by atoms with Crippen LogP contribution in [-0.2, 0) is 17.6 Å². The van der Waals surface area contributed by atoms with E-state index in [0.29, 0.717) is 56.2 Å². The fourth-order valence-corrected chi connectivity index (χ4v) is 4.88. The summed E-state index contributed by atoms with van der Waals surface area (Å²) in [6, 6.07) is 15.6. The third-order valence-corrected chi connectivity index (χ3v) is 6.91. The molecule has 1 unspecified atom stereocenters. The number of ether oxygens (including phenoxy) is 1. The number of amides is 1. The average molecular weight is 436 g/mol. The average Bonchev–Trinajstić information content (AvgIpc) is 3.27. The van der Waals surface area contributed by atoms with E-state index in [1.165, 1.54) is 11.1 Å². The van der Waals surface area contributed by atoms with Gasteiger partial charge in [-0.1, -0.05) is 36.4 Å². The number of aliphatic hydroxyl groups excluding tert-OH is 1. The summed E-state index contributed by atoms with van der Waals surface area (Å²) in [6.07, 6.45) is 5.42. The minimum atomic E-state index is -0.0123. The molecule has 1 aliphatic heterocycles. The van der Waals surface area contributed by atoms with Crippen LogP contribution in [0, 0.1) is 11.8 Å². The molecular formula is C27H33NO4. The number of fused-ring (bicyclic) bond motifs is 1. The molecule has 1 amide bonds. The maximum absolute atomic E-state index is 12.7. The predicted molar refractivity (Wildman–Crippen MR) is 124 cm³/mol. The summed E-state index contributed by atoms with van der Waals surface area (Å²) >= 11 is 0. The molecule has 1 aliphatic carbocycles. The molecule has 0 aromatic heterocycles. The zero-order valence-electron chi connectivity index (χ0n) is 18.7. The number of carbonyl (C=O) groups excluding carboxylic acids is 2. The maximum atomic E-state index is 12.7. The molecule has 1 N–H and O–H groups in total. The number of Topliss-reactive ketones (excluding diaryl/α,β-unsaturated/α-hetero) is 1. The SMILES string of the molecule is O=C(CCC(CO)CCC1Cc2ccccc2C1)c1ccc(C(=O)N2CCOCC2)cc1. The Balaban J connectivity index is 1.23. The second-order valence-electron chi connectivity index (χ2n) is 9.11. The smallest absolute Gasteiger partial charge is 0.254 e. The molecule has 0 bridgehead atoms. The van der Waals surface area contributed by atoms with Crippen LogP contribution >= 0.6 is 0 Å². The molecule has 5 nitrogen and oxygen atoms in total. The van der Waals surface area contributed by atoms with Crippen LogP contribution in [0.3, 0.4) is 0 Å². The Kier molecular flexibility index (Phi) is 7.72. The molecule has 2 aromatic rings. The first-order chi connectivity index (χ1) is 15.6. The summed E-state index contributed by atoms with van der Waals surface area (Å²) in [5.74, 6) is 0.863. The second kappa shape index (κ2) is 10.9. The molecule has 2 aliphatic rings. The van der Waals surface area contributed by atoms with Crippen LogP contribution in [0.15, 0.2) is 48.5 Å². The molecule has 0 radical (unpaired) electrons. The second-order valence-corrected chi connectivity index (χ2v) is 9.11. The van der Waals surface area contributed by atoms with Gasteiger partial charge < -0.3 is 14.7 Å². The maximum Gasteiger partial charge on any atom is 0.254 e. The van der Waals surface area contributed by atoms with Crippen molar-refractivity contribution in [2.75, 3.05) is 32.9 Å². The molecular weight excluding hydrogens is 402 g/mol. The summed E-state index contributed by atoms with van der Waals surface area (Å²) < 4.78 is 5.30. The number of hydrogen-bond donors (Lipinski definition) is 1. The predicted octanol–water partition coefficient (Wildman–Crippen LogP) is 3.93. The van der Waals surface area contributed by atoms with Crippen molar-refractivity contribution in [3.63, 3.8) is 0 Å². The standard InChI is InChI=1S/C27H33NO4/c29-19-20(5-6-21-17-24-3-1-2-4-25(24)18-21)7-12-26(30)22-8-10-23(11-9-22)27(31)28-13-15-32-16-14-28/h1-4,8-11,20-21,29H,5-7,12-19H2. The van der Waals surface area contributed by atoms with Crippen LogP contribution in [-0.4, -0.2) is 54.6 Å². The topological polar surface area (TPSA) is 66.8 Å². The van der Waals surface area contributed by atoms with Crippen molar-refractivity contribution in [1.82, 2.24) is 4.90 Å². The van der Waals surface area contributed by atoms with Gasteiger partial charge in [-0.05, 0) is 67.2 Å². The third-order valence-electron chi connectivity index (χ3n) is 6.91. The normalized spacial score (nSPS) is 17.2. The van der Waals surface area contributed by atoms with Crippen LogP contribution in [0.4, 0.5) is 0 Å². The Morgan fingerprint density at radius 3 is 2.19 bits per heavy atom. The van der Waals surface area contributed by atoms with Gasteiger partial charge >= 0.3 is 0 Å². The van der Waals surface area contributed by atoms with E-state index in [1.54, 1.807) is 29.2 Å². The lowest BCUT2D eigenvalue weighted by Crippen LogP contribution is -2.40. The van der Waals surface area contributed by atoms with Crippen molar-refractivity contribution in [2.45, 2.75) is 38.5 Å². The fourth-order valence-electron chi connectivity index (χ4n) is 4.88. The Bertz CT molecular complexity index is 893. The summed E-state index contributed by atoms with van der Waals surface area (Å²) in [5.41, 5.74) is 4.16. The molecule has 1 saturated heterocycles.